The maximum atomic E-state index is 13.1. The predicted octanol–water partition coefficient (Wildman–Crippen LogP) is 2.47. The number of aromatic nitrogens is 1. The second kappa shape index (κ2) is 6.43. The number of likely N-dealkylation sites (tertiary alicyclic amines) is 2. The third-order valence-corrected chi connectivity index (χ3v) is 6.31. The Balaban J connectivity index is 1.43. The van der Waals surface area contributed by atoms with Gasteiger partial charge in [-0.3, -0.25) is 14.6 Å². The molecule has 0 N–H and O–H groups in total. The summed E-state index contributed by atoms with van der Waals surface area (Å²) < 4.78 is 0. The molecule has 5 heteroatoms. The smallest absolute Gasteiger partial charge is 0.230 e. The van der Waals surface area contributed by atoms with Gasteiger partial charge in [0.1, 0.15) is 0 Å². The van der Waals surface area contributed by atoms with E-state index in [1.54, 1.807) is 6.20 Å². The molecule has 4 rings (SSSR count). The lowest BCUT2D eigenvalue weighted by Crippen LogP contribution is -2.52. The Kier molecular flexibility index (Phi) is 4.26. The Hall–Kier alpha value is -1.91. The molecular weight excluding hydrogens is 314 g/mol. The molecule has 1 atom stereocenters. The van der Waals surface area contributed by atoms with Crippen LogP contribution < -0.4 is 0 Å². The van der Waals surface area contributed by atoms with E-state index in [0.29, 0.717) is 19.0 Å². The van der Waals surface area contributed by atoms with Gasteiger partial charge in [-0.05, 0) is 49.7 Å². The summed E-state index contributed by atoms with van der Waals surface area (Å²) in [6.07, 6.45) is 8.35. The van der Waals surface area contributed by atoms with Crippen LogP contribution in [0.25, 0.3) is 0 Å². The molecule has 25 heavy (non-hydrogen) atoms. The predicted molar refractivity (Wildman–Crippen MR) is 94.4 cm³/mol. The summed E-state index contributed by atoms with van der Waals surface area (Å²) in [5.74, 6) is 1.40. The first-order valence-corrected chi connectivity index (χ1v) is 9.54. The lowest BCUT2D eigenvalue weighted by molar-refractivity contribution is -0.148. The largest absolute Gasteiger partial charge is 0.341 e. The maximum absolute atomic E-state index is 13.1. The highest BCUT2D eigenvalue weighted by Gasteiger charge is 2.50. The van der Waals surface area contributed by atoms with Crippen LogP contribution in [0.3, 0.4) is 0 Å². The number of rotatable bonds is 3. The molecule has 2 amide bonds. The highest BCUT2D eigenvalue weighted by Crippen LogP contribution is 2.42. The van der Waals surface area contributed by atoms with Crippen molar-refractivity contribution in [2.24, 2.45) is 17.3 Å². The van der Waals surface area contributed by atoms with Crippen LogP contribution in [0.15, 0.2) is 24.5 Å². The fourth-order valence-electron chi connectivity index (χ4n) is 4.82. The molecule has 2 saturated heterocycles. The van der Waals surface area contributed by atoms with E-state index in [2.05, 4.69) is 11.9 Å². The van der Waals surface area contributed by atoms with Gasteiger partial charge in [0.05, 0.1) is 5.41 Å². The average Bonchev–Trinajstić information content (AvgIpc) is 2.89. The fraction of sp³-hybridized carbons (Fsp3) is 0.650. The van der Waals surface area contributed by atoms with Crippen molar-refractivity contribution in [2.75, 3.05) is 19.6 Å². The first kappa shape index (κ1) is 16.6. The molecule has 1 unspecified atom stereocenters. The summed E-state index contributed by atoms with van der Waals surface area (Å²) in [7, 11) is 0. The lowest BCUT2D eigenvalue weighted by Gasteiger charge is -2.42. The van der Waals surface area contributed by atoms with Crippen molar-refractivity contribution < 1.29 is 9.59 Å². The van der Waals surface area contributed by atoms with Crippen molar-refractivity contribution in [1.82, 2.24) is 14.8 Å². The van der Waals surface area contributed by atoms with Gasteiger partial charge in [-0.2, -0.15) is 0 Å². The summed E-state index contributed by atoms with van der Waals surface area (Å²) in [6, 6.07) is 3.92. The van der Waals surface area contributed by atoms with E-state index in [1.807, 2.05) is 28.1 Å². The molecule has 1 aliphatic carbocycles. The molecule has 1 saturated carbocycles. The number of hydrogen-bond donors (Lipinski definition) is 0. The highest BCUT2D eigenvalue weighted by atomic mass is 16.2. The summed E-state index contributed by atoms with van der Waals surface area (Å²) in [5, 5.41) is 0. The zero-order valence-corrected chi connectivity index (χ0v) is 15.0. The van der Waals surface area contributed by atoms with E-state index in [1.165, 1.54) is 0 Å². The molecule has 5 nitrogen and oxygen atoms in total. The number of amides is 2. The Morgan fingerprint density at radius 1 is 1.32 bits per heavy atom. The minimum absolute atomic E-state index is 0.202. The van der Waals surface area contributed by atoms with Crippen LogP contribution in [-0.2, 0) is 16.1 Å². The normalized spacial score (nSPS) is 32.1. The third-order valence-electron chi connectivity index (χ3n) is 6.31. The van der Waals surface area contributed by atoms with E-state index in [0.717, 1.165) is 50.8 Å². The molecule has 0 aromatic carbocycles. The number of pyridine rings is 1. The molecule has 0 radical (unpaired) electrons. The Morgan fingerprint density at radius 2 is 2.16 bits per heavy atom. The lowest BCUT2D eigenvalue weighted by atomic mass is 9.73. The second-order valence-corrected chi connectivity index (χ2v) is 8.26. The number of piperidine rings is 1. The SMILES string of the molecule is CC1CC(C(=O)N2CCCC3(CCN(Cc4cccnc4)C3=O)C2)C1. The number of nitrogens with zero attached hydrogens (tertiary/aromatic N) is 3. The van der Waals surface area contributed by atoms with Crippen LogP contribution in [0.1, 0.15) is 44.6 Å². The van der Waals surface area contributed by atoms with Crippen LogP contribution in [0, 0.1) is 17.3 Å². The van der Waals surface area contributed by atoms with Crippen molar-refractivity contribution in [3.05, 3.63) is 30.1 Å². The van der Waals surface area contributed by atoms with E-state index in [4.69, 9.17) is 0 Å². The molecular formula is C20H27N3O2. The zero-order valence-electron chi connectivity index (χ0n) is 15.0. The quantitative estimate of drug-likeness (QED) is 0.849. The van der Waals surface area contributed by atoms with Gasteiger partial charge < -0.3 is 9.80 Å². The fourth-order valence-corrected chi connectivity index (χ4v) is 4.82. The molecule has 1 aromatic heterocycles. The average molecular weight is 341 g/mol. The van der Waals surface area contributed by atoms with Crippen molar-refractivity contribution in [1.29, 1.82) is 0 Å². The minimum Gasteiger partial charge on any atom is -0.341 e. The molecule has 134 valence electrons. The second-order valence-electron chi connectivity index (χ2n) is 8.26. The minimum atomic E-state index is -0.342. The topological polar surface area (TPSA) is 53.5 Å². The van der Waals surface area contributed by atoms with Crippen LogP contribution in [0.2, 0.25) is 0 Å². The van der Waals surface area contributed by atoms with Crippen LogP contribution in [0.5, 0.6) is 0 Å². The summed E-state index contributed by atoms with van der Waals surface area (Å²) in [4.78, 5) is 34.0. The molecule has 3 aliphatic rings. The van der Waals surface area contributed by atoms with Crippen LogP contribution >= 0.6 is 0 Å². The van der Waals surface area contributed by atoms with Crippen molar-refractivity contribution in [3.8, 4) is 0 Å². The zero-order chi connectivity index (χ0) is 17.4. The number of hydrogen-bond acceptors (Lipinski definition) is 3. The van der Waals surface area contributed by atoms with E-state index < -0.39 is 0 Å². The van der Waals surface area contributed by atoms with Crippen molar-refractivity contribution in [2.45, 2.75) is 45.6 Å². The van der Waals surface area contributed by atoms with Gasteiger partial charge in [0, 0.05) is 44.5 Å². The Morgan fingerprint density at radius 3 is 2.88 bits per heavy atom. The van der Waals surface area contributed by atoms with Gasteiger partial charge in [-0.15, -0.1) is 0 Å². The van der Waals surface area contributed by atoms with Gasteiger partial charge in [-0.25, -0.2) is 0 Å². The molecule has 1 aromatic rings. The van der Waals surface area contributed by atoms with Gasteiger partial charge in [0.15, 0.2) is 0 Å². The summed E-state index contributed by atoms with van der Waals surface area (Å²) in [6.45, 7) is 5.07. The van der Waals surface area contributed by atoms with Gasteiger partial charge in [0.25, 0.3) is 0 Å². The molecule has 3 heterocycles. The van der Waals surface area contributed by atoms with Crippen LogP contribution in [0.4, 0.5) is 0 Å². The maximum Gasteiger partial charge on any atom is 0.230 e. The molecule has 0 bridgehead atoms. The van der Waals surface area contributed by atoms with Gasteiger partial charge >= 0.3 is 0 Å². The number of carbonyl (C=O) groups is 2. The van der Waals surface area contributed by atoms with E-state index in [9.17, 15) is 9.59 Å². The molecule has 1 spiro atoms. The van der Waals surface area contributed by atoms with Crippen LogP contribution in [-0.4, -0.2) is 46.2 Å². The standard InChI is InChI=1S/C20H27N3O2/c1-15-10-17(11-15)18(24)23-8-3-5-20(14-23)6-9-22(19(20)25)13-16-4-2-7-21-12-16/h2,4,7,12,15,17H,3,5-6,8-11,13-14H2,1H3. The van der Waals surface area contributed by atoms with Crippen molar-refractivity contribution >= 4 is 11.8 Å². The van der Waals surface area contributed by atoms with E-state index >= 15 is 0 Å². The Labute approximate surface area is 149 Å². The highest BCUT2D eigenvalue weighted by molar-refractivity contribution is 5.87. The third kappa shape index (κ3) is 3.05. The molecule has 3 fully saturated rings. The molecule has 2 aliphatic heterocycles. The summed E-state index contributed by atoms with van der Waals surface area (Å²) in [5.41, 5.74) is 0.728. The van der Waals surface area contributed by atoms with Gasteiger partial charge in [0.2, 0.25) is 11.8 Å². The first-order chi connectivity index (χ1) is 12.1. The van der Waals surface area contributed by atoms with Gasteiger partial charge in [-0.1, -0.05) is 13.0 Å². The van der Waals surface area contributed by atoms with Crippen molar-refractivity contribution in [3.63, 3.8) is 0 Å². The summed E-state index contributed by atoms with van der Waals surface area (Å²) >= 11 is 0. The number of carbonyl (C=O) groups excluding carboxylic acids is 2. The Bertz CT molecular complexity index is 656. The first-order valence-electron chi connectivity index (χ1n) is 9.54. The monoisotopic (exact) mass is 341 g/mol. The van der Waals surface area contributed by atoms with E-state index in [-0.39, 0.29) is 23.1 Å².